The van der Waals surface area contributed by atoms with Crippen LogP contribution in [0.15, 0.2) is 6.07 Å². The van der Waals surface area contributed by atoms with Gasteiger partial charge in [0.05, 0.1) is 5.69 Å². The minimum absolute atomic E-state index is 0.0760. The van der Waals surface area contributed by atoms with Gasteiger partial charge in [0.2, 0.25) is 0 Å². The molecule has 0 aliphatic carbocycles. The second kappa shape index (κ2) is 6.89. The Morgan fingerprint density at radius 3 is 2.67 bits per heavy atom. The number of fused-ring (bicyclic) bond motifs is 1. The molecule has 2 aromatic rings. The topological polar surface area (TPSA) is 62.5 Å². The minimum Gasteiger partial charge on any atom is -0.338 e. The van der Waals surface area contributed by atoms with Crippen molar-refractivity contribution in [2.24, 2.45) is 5.92 Å². The second-order valence-electron chi connectivity index (χ2n) is 6.86. The highest BCUT2D eigenvalue weighted by Crippen LogP contribution is 2.24. The molecule has 1 N–H and O–H groups in total. The lowest BCUT2D eigenvalue weighted by Gasteiger charge is -2.32. The fourth-order valence-corrected chi connectivity index (χ4v) is 3.61. The van der Waals surface area contributed by atoms with Gasteiger partial charge in [-0.1, -0.05) is 0 Å². The predicted molar refractivity (Wildman–Crippen MR) is 94.4 cm³/mol. The maximum absolute atomic E-state index is 13.1. The summed E-state index contributed by atoms with van der Waals surface area (Å²) in [4.78, 5) is 19.6. The predicted octanol–water partition coefficient (Wildman–Crippen LogP) is 2.12. The number of carbonyl (C=O) groups is 1. The highest BCUT2D eigenvalue weighted by Gasteiger charge is 2.28. The van der Waals surface area contributed by atoms with E-state index in [-0.39, 0.29) is 5.91 Å². The highest BCUT2D eigenvalue weighted by atomic mass is 16.2. The lowest BCUT2D eigenvalue weighted by molar-refractivity contribution is 0.0688. The molecule has 3 heterocycles. The van der Waals surface area contributed by atoms with Gasteiger partial charge in [0.25, 0.3) is 5.91 Å². The first-order chi connectivity index (χ1) is 11.5. The van der Waals surface area contributed by atoms with Crippen LogP contribution in [0, 0.1) is 26.7 Å². The van der Waals surface area contributed by atoms with Gasteiger partial charge in [-0.25, -0.2) is 9.50 Å². The van der Waals surface area contributed by atoms with E-state index in [1.807, 2.05) is 38.8 Å². The molecule has 0 atom stereocenters. The van der Waals surface area contributed by atoms with Crippen LogP contribution in [0.2, 0.25) is 0 Å². The van der Waals surface area contributed by atoms with Crippen molar-refractivity contribution in [3.63, 3.8) is 0 Å². The number of aromatic nitrogens is 3. The zero-order valence-electron chi connectivity index (χ0n) is 15.1. The third kappa shape index (κ3) is 3.15. The average molecular weight is 329 g/mol. The van der Waals surface area contributed by atoms with Crippen molar-refractivity contribution in [1.82, 2.24) is 24.8 Å². The normalized spacial score (nSPS) is 16.1. The monoisotopic (exact) mass is 329 g/mol. The molecule has 6 heteroatoms. The molecule has 0 saturated carbocycles. The smallest absolute Gasteiger partial charge is 0.259 e. The molecular weight excluding hydrogens is 302 g/mol. The van der Waals surface area contributed by atoms with Crippen molar-refractivity contribution in [3.05, 3.63) is 28.7 Å². The van der Waals surface area contributed by atoms with Crippen molar-refractivity contribution >= 4 is 11.6 Å². The Balaban J connectivity index is 1.81. The van der Waals surface area contributed by atoms with E-state index in [1.165, 1.54) is 6.42 Å². The maximum atomic E-state index is 13.1. The summed E-state index contributed by atoms with van der Waals surface area (Å²) in [7, 11) is 1.99. The molecule has 1 aliphatic heterocycles. The number of rotatable bonds is 4. The first-order valence-corrected chi connectivity index (χ1v) is 8.78. The van der Waals surface area contributed by atoms with Crippen molar-refractivity contribution in [3.8, 4) is 0 Å². The van der Waals surface area contributed by atoms with Crippen LogP contribution in [0.3, 0.4) is 0 Å². The van der Waals surface area contributed by atoms with Gasteiger partial charge in [-0.3, -0.25) is 4.79 Å². The summed E-state index contributed by atoms with van der Waals surface area (Å²) in [6.07, 6.45) is 3.35. The third-order valence-electron chi connectivity index (χ3n) is 4.99. The number of hydrogen-bond donors (Lipinski definition) is 1. The molecule has 24 heavy (non-hydrogen) atoms. The number of piperidine rings is 1. The minimum atomic E-state index is 0.0760. The molecule has 1 amide bonds. The molecule has 0 unspecified atom stereocenters. The number of nitrogens with one attached hydrogen (secondary N) is 1. The number of nitrogens with zero attached hydrogens (tertiary/aromatic N) is 4. The summed E-state index contributed by atoms with van der Waals surface area (Å²) in [6.45, 7) is 8.56. The van der Waals surface area contributed by atoms with Crippen LogP contribution >= 0.6 is 0 Å². The zero-order chi connectivity index (χ0) is 17.3. The van der Waals surface area contributed by atoms with Crippen LogP contribution in [0.1, 0.15) is 46.7 Å². The molecule has 0 radical (unpaired) electrons. The summed E-state index contributed by atoms with van der Waals surface area (Å²) in [6, 6.07) is 1.99. The molecule has 1 aliphatic rings. The Hall–Kier alpha value is -1.95. The fourth-order valence-electron chi connectivity index (χ4n) is 3.61. The van der Waals surface area contributed by atoms with Crippen molar-refractivity contribution in [1.29, 1.82) is 0 Å². The van der Waals surface area contributed by atoms with Crippen LogP contribution in [0.25, 0.3) is 5.65 Å². The molecule has 1 fully saturated rings. The summed E-state index contributed by atoms with van der Waals surface area (Å²) < 4.78 is 1.79. The van der Waals surface area contributed by atoms with E-state index in [9.17, 15) is 4.79 Å². The van der Waals surface area contributed by atoms with Crippen molar-refractivity contribution in [2.45, 2.75) is 40.0 Å². The number of carbonyl (C=O) groups excluding carboxylic acids is 1. The van der Waals surface area contributed by atoms with Gasteiger partial charge in [0.15, 0.2) is 5.65 Å². The Kier molecular flexibility index (Phi) is 4.85. The summed E-state index contributed by atoms with van der Waals surface area (Å²) in [5.41, 5.74) is 4.03. The van der Waals surface area contributed by atoms with E-state index < -0.39 is 0 Å². The van der Waals surface area contributed by atoms with Gasteiger partial charge in [-0.2, -0.15) is 5.10 Å². The van der Waals surface area contributed by atoms with Gasteiger partial charge in [-0.05, 0) is 65.6 Å². The highest BCUT2D eigenvalue weighted by molar-refractivity contribution is 6.01. The van der Waals surface area contributed by atoms with Gasteiger partial charge in [-0.15, -0.1) is 0 Å². The van der Waals surface area contributed by atoms with Crippen LogP contribution in [0.4, 0.5) is 0 Å². The Morgan fingerprint density at radius 1 is 1.29 bits per heavy atom. The summed E-state index contributed by atoms with van der Waals surface area (Å²) >= 11 is 0. The molecule has 0 spiro atoms. The SMILES string of the molecule is CNCCC1CCN(C(=O)c2c(C)nn3c(C)cc(C)nc23)CC1. The van der Waals surface area contributed by atoms with Crippen LogP contribution in [0.5, 0.6) is 0 Å². The lowest BCUT2D eigenvalue weighted by Crippen LogP contribution is -2.39. The zero-order valence-corrected chi connectivity index (χ0v) is 15.1. The molecule has 1 saturated heterocycles. The number of likely N-dealkylation sites (tertiary alicyclic amines) is 1. The van der Waals surface area contributed by atoms with Crippen molar-refractivity contribution in [2.75, 3.05) is 26.7 Å². The summed E-state index contributed by atoms with van der Waals surface area (Å²) in [5, 5.41) is 7.73. The molecule has 130 valence electrons. The Morgan fingerprint density at radius 2 is 2.00 bits per heavy atom. The maximum Gasteiger partial charge on any atom is 0.259 e. The first-order valence-electron chi connectivity index (χ1n) is 8.78. The first kappa shape index (κ1) is 16.9. The largest absolute Gasteiger partial charge is 0.338 e. The van der Waals surface area contributed by atoms with E-state index in [1.54, 1.807) is 4.52 Å². The van der Waals surface area contributed by atoms with E-state index in [4.69, 9.17) is 0 Å². The third-order valence-corrected chi connectivity index (χ3v) is 4.99. The number of hydrogen-bond acceptors (Lipinski definition) is 4. The van der Waals surface area contributed by atoms with E-state index in [0.29, 0.717) is 17.1 Å². The van der Waals surface area contributed by atoms with Gasteiger partial charge in [0.1, 0.15) is 5.56 Å². The van der Waals surface area contributed by atoms with E-state index >= 15 is 0 Å². The van der Waals surface area contributed by atoms with Crippen LogP contribution < -0.4 is 5.32 Å². The van der Waals surface area contributed by atoms with Gasteiger partial charge in [0, 0.05) is 24.5 Å². The van der Waals surface area contributed by atoms with E-state index in [0.717, 1.165) is 49.6 Å². The molecular formula is C18H27N5O. The Labute approximate surface area is 143 Å². The number of aryl methyl sites for hydroxylation is 3. The second-order valence-corrected chi connectivity index (χ2v) is 6.86. The van der Waals surface area contributed by atoms with Crippen LogP contribution in [-0.2, 0) is 0 Å². The quantitative estimate of drug-likeness (QED) is 0.933. The van der Waals surface area contributed by atoms with Gasteiger partial charge < -0.3 is 10.2 Å². The van der Waals surface area contributed by atoms with Crippen LogP contribution in [-0.4, -0.2) is 52.1 Å². The molecule has 3 rings (SSSR count). The van der Waals surface area contributed by atoms with Gasteiger partial charge >= 0.3 is 0 Å². The molecule has 2 aromatic heterocycles. The average Bonchev–Trinajstić information content (AvgIpc) is 2.89. The van der Waals surface area contributed by atoms with E-state index in [2.05, 4.69) is 15.4 Å². The molecule has 0 bridgehead atoms. The molecule has 6 nitrogen and oxygen atoms in total. The summed E-state index contributed by atoms with van der Waals surface area (Å²) in [5.74, 6) is 0.793. The Bertz CT molecular complexity index is 743. The number of amides is 1. The van der Waals surface area contributed by atoms with Crippen molar-refractivity contribution < 1.29 is 4.79 Å². The molecule has 0 aromatic carbocycles. The fraction of sp³-hybridized carbons (Fsp3) is 0.611. The standard InChI is InChI=1S/C18H27N5O/c1-12-11-13(2)23-17(20-12)16(14(3)21-23)18(24)22-9-6-15(7-10-22)5-8-19-4/h11,15,19H,5-10H2,1-4H3. The lowest BCUT2D eigenvalue weighted by atomic mass is 9.93.